The van der Waals surface area contributed by atoms with Gasteiger partial charge >= 0.3 is 0 Å². The molecule has 39 heavy (non-hydrogen) atoms. The van der Waals surface area contributed by atoms with Gasteiger partial charge in [-0.3, -0.25) is 9.69 Å². The van der Waals surface area contributed by atoms with Crippen molar-refractivity contribution in [1.82, 2.24) is 29.7 Å². The van der Waals surface area contributed by atoms with E-state index in [9.17, 15) is 4.79 Å². The molecule has 4 heterocycles. The fourth-order valence-corrected chi connectivity index (χ4v) is 6.47. The van der Waals surface area contributed by atoms with Gasteiger partial charge < -0.3 is 15.1 Å². The number of hydrogen-bond donors (Lipinski definition) is 1. The van der Waals surface area contributed by atoms with Crippen molar-refractivity contribution in [3.05, 3.63) is 65.2 Å². The molecule has 2 aromatic heterocycles. The molecule has 1 spiro atoms. The zero-order valence-corrected chi connectivity index (χ0v) is 22.8. The minimum Gasteiger partial charge on any atom is -0.341 e. The van der Waals surface area contributed by atoms with Crippen molar-refractivity contribution in [2.24, 2.45) is 0 Å². The lowest BCUT2D eigenvalue weighted by Gasteiger charge is -2.40. The molecule has 1 saturated carbocycles. The van der Waals surface area contributed by atoms with Crippen molar-refractivity contribution in [2.45, 2.75) is 44.6 Å². The second-order valence-corrected chi connectivity index (χ2v) is 11.2. The van der Waals surface area contributed by atoms with Gasteiger partial charge in [0.25, 0.3) is 5.91 Å². The Morgan fingerprint density at radius 2 is 1.77 bits per heavy atom. The summed E-state index contributed by atoms with van der Waals surface area (Å²) in [7, 11) is 1.87. The van der Waals surface area contributed by atoms with Crippen LogP contribution in [0.25, 0.3) is 11.3 Å². The van der Waals surface area contributed by atoms with Gasteiger partial charge in [-0.15, -0.1) is 0 Å². The maximum atomic E-state index is 15.0. The predicted octanol–water partition coefficient (Wildman–Crippen LogP) is 4.46. The van der Waals surface area contributed by atoms with Crippen LogP contribution in [-0.2, 0) is 12.0 Å². The first kappa shape index (κ1) is 25.8. The third-order valence-corrected chi connectivity index (χ3v) is 8.67. The van der Waals surface area contributed by atoms with Crippen LogP contribution in [0.5, 0.6) is 0 Å². The molecular weight excluding hydrogens is 493 g/mol. The molecule has 0 radical (unpaired) electrons. The van der Waals surface area contributed by atoms with Gasteiger partial charge in [0.2, 0.25) is 5.95 Å². The number of fused-ring (bicyclic) bond motifs is 2. The van der Waals surface area contributed by atoms with E-state index in [0.29, 0.717) is 17.9 Å². The van der Waals surface area contributed by atoms with Crippen molar-refractivity contribution >= 4 is 17.7 Å². The van der Waals surface area contributed by atoms with Gasteiger partial charge in [0.15, 0.2) is 5.82 Å². The number of hydrogen-bond acceptors (Lipinski definition) is 7. The number of carbonyl (C=O) groups is 1. The molecule has 6 rings (SSSR count). The summed E-state index contributed by atoms with van der Waals surface area (Å²) in [5, 5.41) is 3.13. The molecular formula is C30H36FN7O. The van der Waals surface area contributed by atoms with E-state index in [2.05, 4.69) is 43.1 Å². The van der Waals surface area contributed by atoms with E-state index in [1.165, 1.54) is 6.20 Å². The molecule has 1 N–H and O–H groups in total. The van der Waals surface area contributed by atoms with Crippen molar-refractivity contribution in [3.63, 3.8) is 0 Å². The number of pyridine rings is 1. The highest BCUT2D eigenvalue weighted by molar-refractivity contribution is 5.98. The number of nitrogens with one attached hydrogen (secondary N) is 1. The Hall–Kier alpha value is -3.43. The first-order valence-corrected chi connectivity index (χ1v) is 14.0. The molecule has 1 saturated heterocycles. The van der Waals surface area contributed by atoms with Gasteiger partial charge in [0.1, 0.15) is 11.5 Å². The van der Waals surface area contributed by atoms with Crippen molar-refractivity contribution in [3.8, 4) is 11.3 Å². The zero-order chi connectivity index (χ0) is 27.0. The highest BCUT2D eigenvalue weighted by Gasteiger charge is 2.43. The number of nitrogens with zero attached hydrogens (tertiary/aromatic N) is 6. The minimum absolute atomic E-state index is 0.0253. The monoisotopic (exact) mass is 529 g/mol. The first-order valence-electron chi connectivity index (χ1n) is 14.0. The second kappa shape index (κ2) is 10.6. The second-order valence-electron chi connectivity index (χ2n) is 11.2. The number of carbonyl (C=O) groups excluding carboxylic acids is 1. The number of halogens is 1. The van der Waals surface area contributed by atoms with Gasteiger partial charge in [-0.1, -0.05) is 31.9 Å². The largest absolute Gasteiger partial charge is 0.341 e. The average molecular weight is 530 g/mol. The summed E-state index contributed by atoms with van der Waals surface area (Å²) in [6.07, 6.45) is 7.43. The average Bonchev–Trinajstić information content (AvgIpc) is 3.43. The fourth-order valence-electron chi connectivity index (χ4n) is 6.47. The van der Waals surface area contributed by atoms with E-state index in [1.54, 1.807) is 6.07 Å². The molecule has 3 aliphatic rings. The summed E-state index contributed by atoms with van der Waals surface area (Å²) < 4.78 is 15.0. The van der Waals surface area contributed by atoms with Crippen LogP contribution in [0.15, 0.2) is 42.7 Å². The van der Waals surface area contributed by atoms with E-state index in [4.69, 9.17) is 0 Å². The summed E-state index contributed by atoms with van der Waals surface area (Å²) >= 11 is 0. The molecule has 1 aromatic carbocycles. The molecule has 1 amide bonds. The Morgan fingerprint density at radius 1 is 1.00 bits per heavy atom. The lowest BCUT2D eigenvalue weighted by molar-refractivity contribution is 0.0723. The van der Waals surface area contributed by atoms with E-state index in [0.717, 1.165) is 81.6 Å². The van der Waals surface area contributed by atoms with Crippen molar-refractivity contribution in [1.29, 1.82) is 0 Å². The highest BCUT2D eigenvalue weighted by atomic mass is 19.1. The lowest BCUT2D eigenvalue weighted by atomic mass is 9.73. The molecule has 8 nitrogen and oxygen atoms in total. The number of aromatic nitrogens is 3. The molecule has 9 heteroatoms. The molecule has 2 aliphatic heterocycles. The van der Waals surface area contributed by atoms with Gasteiger partial charge in [-0.2, -0.15) is 0 Å². The van der Waals surface area contributed by atoms with Crippen LogP contribution in [0, 0.1) is 5.82 Å². The van der Waals surface area contributed by atoms with Gasteiger partial charge in [-0.25, -0.2) is 19.3 Å². The molecule has 0 unspecified atom stereocenters. The number of piperazine rings is 1. The van der Waals surface area contributed by atoms with Gasteiger partial charge in [0.05, 0.1) is 6.20 Å². The van der Waals surface area contributed by atoms with Crippen LogP contribution in [0.4, 0.5) is 16.2 Å². The molecule has 3 aromatic rings. The first-order chi connectivity index (χ1) is 18.9. The number of amides is 1. The van der Waals surface area contributed by atoms with Crippen LogP contribution >= 0.6 is 0 Å². The van der Waals surface area contributed by atoms with Gasteiger partial charge in [-0.05, 0) is 48.7 Å². The van der Waals surface area contributed by atoms with E-state index < -0.39 is 5.82 Å². The Bertz CT molecular complexity index is 1350. The Kier molecular flexibility index (Phi) is 7.03. The lowest BCUT2D eigenvalue weighted by Crippen LogP contribution is -2.46. The van der Waals surface area contributed by atoms with Crippen LogP contribution in [0.1, 0.15) is 54.1 Å². The molecule has 204 valence electrons. The Labute approximate surface area is 229 Å². The summed E-state index contributed by atoms with van der Waals surface area (Å²) in [6, 6.07) is 9.58. The highest BCUT2D eigenvalue weighted by Crippen LogP contribution is 2.46. The van der Waals surface area contributed by atoms with E-state index in [-0.39, 0.29) is 23.0 Å². The quantitative estimate of drug-likeness (QED) is 0.505. The Balaban J connectivity index is 1.20. The third-order valence-electron chi connectivity index (χ3n) is 8.67. The van der Waals surface area contributed by atoms with E-state index >= 15 is 4.39 Å². The number of benzene rings is 1. The predicted molar refractivity (Wildman–Crippen MR) is 149 cm³/mol. The van der Waals surface area contributed by atoms with Crippen LogP contribution in [0.3, 0.4) is 0 Å². The molecule has 1 aliphatic carbocycles. The summed E-state index contributed by atoms with van der Waals surface area (Å²) in [5.74, 6) is 0.423. The third kappa shape index (κ3) is 5.13. The summed E-state index contributed by atoms with van der Waals surface area (Å²) in [4.78, 5) is 32.9. The van der Waals surface area contributed by atoms with E-state index in [1.807, 2.05) is 36.3 Å². The SMILES string of the molecule is CCN1CCN(Cc2ccc(Nc3ncc(F)c(-c4ccc5c(c4)C4(CCCC4)CN(C)C5=O)n3)nc2)CC1. The van der Waals surface area contributed by atoms with Crippen LogP contribution < -0.4 is 5.32 Å². The fraction of sp³-hybridized carbons (Fsp3) is 0.467. The van der Waals surface area contributed by atoms with Crippen LogP contribution in [-0.4, -0.2) is 81.9 Å². The molecule has 2 fully saturated rings. The minimum atomic E-state index is -0.494. The smallest absolute Gasteiger partial charge is 0.253 e. The maximum absolute atomic E-state index is 15.0. The van der Waals surface area contributed by atoms with Crippen LogP contribution in [0.2, 0.25) is 0 Å². The summed E-state index contributed by atoms with van der Waals surface area (Å²) in [6.45, 7) is 9.23. The standard InChI is InChI=1S/C30H36FN7O/c1-3-37-12-14-38(15-13-37)19-21-6-9-26(32-17-21)34-29-33-18-25(31)27(35-29)22-7-8-23-24(16-22)30(10-4-5-11-30)20-36(2)28(23)39/h6-9,16-18H,3-5,10-15,19-20H2,1-2H3,(H,32,33,34,35). The summed E-state index contributed by atoms with van der Waals surface area (Å²) in [5.41, 5.74) is 3.72. The Morgan fingerprint density at radius 3 is 2.49 bits per heavy atom. The molecule has 0 atom stereocenters. The molecule has 0 bridgehead atoms. The zero-order valence-electron chi connectivity index (χ0n) is 22.8. The number of anilines is 2. The van der Waals surface area contributed by atoms with Gasteiger partial charge in [0, 0.05) is 69.1 Å². The normalized spacial score (nSPS) is 19.5. The van der Waals surface area contributed by atoms with Crippen molar-refractivity contribution in [2.75, 3.05) is 51.6 Å². The number of likely N-dealkylation sites (N-methyl/N-ethyl adjacent to an activating group) is 2. The number of rotatable bonds is 6. The van der Waals surface area contributed by atoms with Crippen molar-refractivity contribution < 1.29 is 9.18 Å². The topological polar surface area (TPSA) is 77.5 Å². The maximum Gasteiger partial charge on any atom is 0.253 e.